The maximum atomic E-state index is 12.3. The number of rotatable bonds is 3. The first kappa shape index (κ1) is 15.0. The maximum absolute atomic E-state index is 12.3. The summed E-state index contributed by atoms with van der Waals surface area (Å²) in [5, 5.41) is 9.27. The van der Waals surface area contributed by atoms with Crippen molar-refractivity contribution in [3.8, 4) is 0 Å². The van der Waals surface area contributed by atoms with Crippen LogP contribution in [0.15, 0.2) is 28.7 Å². The van der Waals surface area contributed by atoms with E-state index in [1.165, 1.54) is 0 Å². The Kier molecular flexibility index (Phi) is 4.48. The molecule has 2 rings (SSSR count). The summed E-state index contributed by atoms with van der Waals surface area (Å²) in [5.74, 6) is -0.821. The summed E-state index contributed by atoms with van der Waals surface area (Å²) in [4.78, 5) is 25.3. The highest BCUT2D eigenvalue weighted by Crippen LogP contribution is 2.30. The predicted molar refractivity (Wildman–Crippen MR) is 79.4 cm³/mol. The van der Waals surface area contributed by atoms with Gasteiger partial charge in [-0.3, -0.25) is 9.59 Å². The molecule has 1 N–H and O–H groups in total. The minimum Gasteiger partial charge on any atom is -0.481 e. The molecule has 4 nitrogen and oxygen atoms in total. The third-order valence-electron chi connectivity index (χ3n) is 3.83. The number of piperidine rings is 1. The van der Waals surface area contributed by atoms with Crippen LogP contribution in [0.25, 0.3) is 0 Å². The molecule has 20 heavy (non-hydrogen) atoms. The van der Waals surface area contributed by atoms with E-state index in [1.54, 1.807) is 11.8 Å². The van der Waals surface area contributed by atoms with Gasteiger partial charge < -0.3 is 10.0 Å². The number of amides is 1. The second-order valence-corrected chi connectivity index (χ2v) is 6.50. The first-order valence-electron chi connectivity index (χ1n) is 6.66. The second-order valence-electron chi connectivity index (χ2n) is 5.59. The third-order valence-corrected chi connectivity index (χ3v) is 4.36. The van der Waals surface area contributed by atoms with Crippen LogP contribution in [0, 0.1) is 5.41 Å². The van der Waals surface area contributed by atoms with Gasteiger partial charge in [0.1, 0.15) is 0 Å². The van der Waals surface area contributed by atoms with Gasteiger partial charge in [0.2, 0.25) is 5.91 Å². The van der Waals surface area contributed by atoms with Crippen LogP contribution in [0.5, 0.6) is 0 Å². The molecule has 1 amide bonds. The van der Waals surface area contributed by atoms with Crippen molar-refractivity contribution >= 4 is 27.8 Å². The molecule has 0 aromatic heterocycles. The molecular formula is C15H18BrNO3. The van der Waals surface area contributed by atoms with Gasteiger partial charge in [0.25, 0.3) is 0 Å². The summed E-state index contributed by atoms with van der Waals surface area (Å²) >= 11 is 3.36. The highest BCUT2D eigenvalue weighted by Gasteiger charge is 2.39. The number of halogens is 1. The highest BCUT2D eigenvalue weighted by atomic mass is 79.9. The molecule has 0 radical (unpaired) electrons. The second kappa shape index (κ2) is 5.95. The minimum absolute atomic E-state index is 0.000465. The van der Waals surface area contributed by atoms with Crippen LogP contribution in [-0.2, 0) is 16.0 Å². The van der Waals surface area contributed by atoms with Gasteiger partial charge in [-0.2, -0.15) is 0 Å². The summed E-state index contributed by atoms with van der Waals surface area (Å²) in [6.07, 6.45) is 1.70. The fraction of sp³-hybridized carbons (Fsp3) is 0.467. The average molecular weight is 340 g/mol. The predicted octanol–water partition coefficient (Wildman–Crippen LogP) is 2.70. The number of carbonyl (C=O) groups excluding carboxylic acids is 1. The molecule has 0 aliphatic carbocycles. The maximum Gasteiger partial charge on any atom is 0.311 e. The Labute approximate surface area is 126 Å². The fourth-order valence-corrected chi connectivity index (χ4v) is 2.78. The van der Waals surface area contributed by atoms with Crippen molar-refractivity contribution in [1.82, 2.24) is 4.90 Å². The Morgan fingerprint density at radius 1 is 1.35 bits per heavy atom. The molecule has 1 aromatic rings. The standard InChI is InChI=1S/C15H18BrNO3/c1-15(14(19)20)7-2-8-17(10-15)13(18)9-11-3-5-12(16)6-4-11/h3-6H,2,7-10H2,1H3,(H,19,20). The number of carboxylic acids is 1. The van der Waals surface area contributed by atoms with Crippen LogP contribution in [0.2, 0.25) is 0 Å². The molecule has 5 heteroatoms. The summed E-state index contributed by atoms with van der Waals surface area (Å²) in [6.45, 7) is 2.67. The van der Waals surface area contributed by atoms with E-state index in [1.807, 2.05) is 24.3 Å². The van der Waals surface area contributed by atoms with E-state index in [0.29, 0.717) is 25.9 Å². The zero-order chi connectivity index (χ0) is 14.8. The molecule has 1 atom stereocenters. The van der Waals surface area contributed by atoms with Crippen molar-refractivity contribution in [3.05, 3.63) is 34.3 Å². The largest absolute Gasteiger partial charge is 0.481 e. The average Bonchev–Trinajstić information content (AvgIpc) is 2.41. The van der Waals surface area contributed by atoms with Gasteiger partial charge >= 0.3 is 5.97 Å². The highest BCUT2D eigenvalue weighted by molar-refractivity contribution is 9.10. The van der Waals surface area contributed by atoms with E-state index in [9.17, 15) is 14.7 Å². The molecule has 1 aliphatic rings. The van der Waals surface area contributed by atoms with Gasteiger partial charge in [-0.1, -0.05) is 28.1 Å². The van der Waals surface area contributed by atoms with Crippen LogP contribution in [0.3, 0.4) is 0 Å². The molecule has 0 bridgehead atoms. The van der Waals surface area contributed by atoms with E-state index >= 15 is 0 Å². The SMILES string of the molecule is CC1(C(=O)O)CCCN(C(=O)Cc2ccc(Br)cc2)C1. The van der Waals surface area contributed by atoms with Crippen molar-refractivity contribution < 1.29 is 14.7 Å². The van der Waals surface area contributed by atoms with Gasteiger partial charge in [0, 0.05) is 17.6 Å². The number of carboxylic acid groups (broad SMARTS) is 1. The van der Waals surface area contributed by atoms with Crippen LogP contribution < -0.4 is 0 Å². The summed E-state index contributed by atoms with van der Waals surface area (Å²) in [7, 11) is 0. The normalized spacial score (nSPS) is 22.6. The lowest BCUT2D eigenvalue weighted by Gasteiger charge is -2.37. The Morgan fingerprint density at radius 2 is 2.00 bits per heavy atom. The molecule has 1 saturated heterocycles. The number of hydrogen-bond acceptors (Lipinski definition) is 2. The third kappa shape index (κ3) is 3.39. The molecule has 1 unspecified atom stereocenters. The molecule has 1 heterocycles. The minimum atomic E-state index is -0.821. The Morgan fingerprint density at radius 3 is 2.60 bits per heavy atom. The van der Waals surface area contributed by atoms with Crippen molar-refractivity contribution in [3.63, 3.8) is 0 Å². The molecule has 0 saturated carbocycles. The van der Waals surface area contributed by atoms with Gasteiger partial charge in [0.05, 0.1) is 11.8 Å². The van der Waals surface area contributed by atoms with E-state index in [0.717, 1.165) is 16.5 Å². The van der Waals surface area contributed by atoms with Crippen molar-refractivity contribution in [1.29, 1.82) is 0 Å². The summed E-state index contributed by atoms with van der Waals surface area (Å²) in [6, 6.07) is 7.62. The lowest BCUT2D eigenvalue weighted by atomic mass is 9.82. The summed E-state index contributed by atoms with van der Waals surface area (Å²) < 4.78 is 0.977. The van der Waals surface area contributed by atoms with Crippen molar-refractivity contribution in [2.75, 3.05) is 13.1 Å². The monoisotopic (exact) mass is 339 g/mol. The van der Waals surface area contributed by atoms with Crippen LogP contribution >= 0.6 is 15.9 Å². The molecule has 1 fully saturated rings. The van der Waals surface area contributed by atoms with Crippen LogP contribution in [-0.4, -0.2) is 35.0 Å². The quantitative estimate of drug-likeness (QED) is 0.920. The summed E-state index contributed by atoms with van der Waals surface area (Å²) in [5.41, 5.74) is 0.133. The molecule has 0 spiro atoms. The van der Waals surface area contributed by atoms with Gasteiger partial charge in [-0.05, 0) is 37.5 Å². The Hall–Kier alpha value is -1.36. The topological polar surface area (TPSA) is 57.6 Å². The van der Waals surface area contributed by atoms with E-state index in [-0.39, 0.29) is 5.91 Å². The lowest BCUT2D eigenvalue weighted by molar-refractivity contribution is -0.153. The van der Waals surface area contributed by atoms with Gasteiger partial charge in [-0.15, -0.1) is 0 Å². The molecule has 1 aromatic carbocycles. The number of benzene rings is 1. The Bertz CT molecular complexity index is 514. The Balaban J connectivity index is 2.02. The fourth-order valence-electron chi connectivity index (χ4n) is 2.52. The zero-order valence-corrected chi connectivity index (χ0v) is 13.0. The van der Waals surface area contributed by atoms with Gasteiger partial charge in [-0.25, -0.2) is 0 Å². The number of carbonyl (C=O) groups is 2. The number of nitrogens with zero attached hydrogens (tertiary/aromatic N) is 1. The van der Waals surface area contributed by atoms with Crippen molar-refractivity contribution in [2.45, 2.75) is 26.2 Å². The first-order valence-corrected chi connectivity index (χ1v) is 7.46. The van der Waals surface area contributed by atoms with Gasteiger partial charge in [0.15, 0.2) is 0 Å². The smallest absolute Gasteiger partial charge is 0.311 e. The van der Waals surface area contributed by atoms with Crippen LogP contribution in [0.1, 0.15) is 25.3 Å². The molecule has 108 valence electrons. The van der Waals surface area contributed by atoms with E-state index in [4.69, 9.17) is 0 Å². The zero-order valence-electron chi connectivity index (χ0n) is 11.4. The number of aliphatic carboxylic acids is 1. The lowest BCUT2D eigenvalue weighted by Crippen LogP contribution is -2.48. The van der Waals surface area contributed by atoms with Crippen LogP contribution in [0.4, 0.5) is 0 Å². The number of likely N-dealkylation sites (tertiary alicyclic amines) is 1. The molecule has 1 aliphatic heterocycles. The van der Waals surface area contributed by atoms with Crippen molar-refractivity contribution in [2.24, 2.45) is 5.41 Å². The van der Waals surface area contributed by atoms with E-state index in [2.05, 4.69) is 15.9 Å². The van der Waals surface area contributed by atoms with E-state index < -0.39 is 11.4 Å². The number of hydrogen-bond donors (Lipinski definition) is 1. The molecular weight excluding hydrogens is 322 g/mol. The first-order chi connectivity index (χ1) is 9.40.